The van der Waals surface area contributed by atoms with Crippen LogP contribution in [0.2, 0.25) is 0 Å². The Morgan fingerprint density at radius 2 is 2.23 bits per heavy atom. The second-order valence-corrected chi connectivity index (χ2v) is 3.41. The Hall–Kier alpha value is -1.10. The van der Waals surface area contributed by atoms with Gasteiger partial charge in [-0.3, -0.25) is 0 Å². The fraction of sp³-hybridized carbons (Fsp3) is 0.500. The molecule has 5 N–H and O–H groups in total. The van der Waals surface area contributed by atoms with Gasteiger partial charge in [0.1, 0.15) is 5.66 Å². The third-order valence-corrected chi connectivity index (χ3v) is 1.68. The molecular weight excluding hydrogens is 176 g/mol. The minimum absolute atomic E-state index is 0.458. The van der Waals surface area contributed by atoms with E-state index in [2.05, 4.69) is 5.32 Å². The summed E-state index contributed by atoms with van der Waals surface area (Å²) in [5, 5.41) is 2.63. The quantitative estimate of drug-likeness (QED) is 0.597. The number of halogens is 2. The lowest BCUT2D eigenvalue weighted by atomic mass is 10.0. The summed E-state index contributed by atoms with van der Waals surface area (Å²) in [5.41, 5.74) is 10.3. The van der Waals surface area contributed by atoms with Crippen molar-refractivity contribution in [3.8, 4) is 0 Å². The van der Waals surface area contributed by atoms with E-state index in [-0.39, 0.29) is 0 Å². The van der Waals surface area contributed by atoms with Gasteiger partial charge in [0, 0.05) is 11.9 Å². The second-order valence-electron chi connectivity index (χ2n) is 3.41. The molecule has 1 unspecified atom stereocenters. The Morgan fingerprint density at radius 1 is 1.62 bits per heavy atom. The van der Waals surface area contributed by atoms with Crippen molar-refractivity contribution in [1.82, 2.24) is 5.32 Å². The Morgan fingerprint density at radius 3 is 2.62 bits per heavy atom. The van der Waals surface area contributed by atoms with Gasteiger partial charge in [-0.15, -0.1) is 0 Å². The first-order chi connectivity index (χ1) is 5.81. The Labute approximate surface area is 75.5 Å². The van der Waals surface area contributed by atoms with Gasteiger partial charge in [-0.05, 0) is 19.1 Å². The third-order valence-electron chi connectivity index (χ3n) is 1.68. The summed E-state index contributed by atoms with van der Waals surface area (Å²) >= 11 is 0. The molecular formula is C8H13F2N3. The maximum absolute atomic E-state index is 12.6. The van der Waals surface area contributed by atoms with E-state index >= 15 is 0 Å². The number of nitrogens with two attached hydrogens (primary N) is 2. The lowest BCUT2D eigenvalue weighted by Crippen LogP contribution is -2.53. The molecule has 1 aliphatic rings. The molecule has 0 aromatic carbocycles. The van der Waals surface area contributed by atoms with Gasteiger partial charge < -0.3 is 16.8 Å². The molecule has 5 heteroatoms. The molecule has 0 saturated heterocycles. The van der Waals surface area contributed by atoms with Gasteiger partial charge in [-0.1, -0.05) is 0 Å². The van der Waals surface area contributed by atoms with Crippen LogP contribution in [0.3, 0.4) is 0 Å². The number of hydrogen-bond acceptors (Lipinski definition) is 3. The zero-order valence-electron chi connectivity index (χ0n) is 7.35. The van der Waals surface area contributed by atoms with Crippen LogP contribution in [0.1, 0.15) is 13.3 Å². The number of allylic oxidation sites excluding steroid dienone is 1. The highest BCUT2D eigenvalue weighted by molar-refractivity contribution is 5.24. The van der Waals surface area contributed by atoms with Gasteiger partial charge in [0.25, 0.3) is 0 Å². The first-order valence-corrected chi connectivity index (χ1v) is 3.90. The Kier molecular flexibility index (Phi) is 2.30. The third kappa shape index (κ3) is 3.02. The van der Waals surface area contributed by atoms with E-state index < -0.39 is 18.0 Å². The second kappa shape index (κ2) is 2.99. The smallest absolute Gasteiger partial charge is 0.249 e. The molecule has 1 rings (SSSR count). The standard InChI is InChI=1S/C8H13F2N3/c1-7(9,10)5-8(12)3-2-6(11)4-13-8/h2-4,13H,5,11-12H2,1H3. The van der Waals surface area contributed by atoms with Crippen molar-refractivity contribution in [2.75, 3.05) is 0 Å². The molecule has 0 amide bonds. The van der Waals surface area contributed by atoms with Crippen LogP contribution < -0.4 is 16.8 Å². The van der Waals surface area contributed by atoms with E-state index in [1.54, 1.807) is 0 Å². The van der Waals surface area contributed by atoms with Crippen molar-refractivity contribution in [3.05, 3.63) is 24.0 Å². The summed E-state index contributed by atoms with van der Waals surface area (Å²) in [6, 6.07) is 0. The van der Waals surface area contributed by atoms with Gasteiger partial charge >= 0.3 is 0 Å². The molecule has 0 saturated carbocycles. The topological polar surface area (TPSA) is 64.1 Å². The van der Waals surface area contributed by atoms with Crippen LogP contribution >= 0.6 is 0 Å². The Bertz CT molecular complexity index is 255. The molecule has 0 aromatic heterocycles. The first-order valence-electron chi connectivity index (χ1n) is 3.90. The highest BCUT2D eigenvalue weighted by atomic mass is 19.3. The average molecular weight is 189 g/mol. The van der Waals surface area contributed by atoms with Crippen molar-refractivity contribution in [1.29, 1.82) is 0 Å². The van der Waals surface area contributed by atoms with E-state index in [1.807, 2.05) is 0 Å². The van der Waals surface area contributed by atoms with E-state index in [9.17, 15) is 8.78 Å². The Balaban J connectivity index is 2.66. The van der Waals surface area contributed by atoms with E-state index in [0.29, 0.717) is 5.70 Å². The molecule has 1 aliphatic heterocycles. The molecule has 74 valence electrons. The van der Waals surface area contributed by atoms with Gasteiger partial charge in [0.15, 0.2) is 0 Å². The first kappa shape index (κ1) is 9.98. The van der Waals surface area contributed by atoms with E-state index in [4.69, 9.17) is 11.5 Å². The number of nitrogens with one attached hydrogen (secondary N) is 1. The van der Waals surface area contributed by atoms with Gasteiger partial charge in [0.05, 0.1) is 6.42 Å². The maximum atomic E-state index is 12.6. The summed E-state index contributed by atoms with van der Waals surface area (Å²) in [6.07, 6.45) is 3.92. The zero-order valence-corrected chi connectivity index (χ0v) is 7.35. The average Bonchev–Trinajstić information content (AvgIpc) is 1.92. The highest BCUT2D eigenvalue weighted by Gasteiger charge is 2.34. The molecule has 0 fully saturated rings. The summed E-state index contributed by atoms with van der Waals surface area (Å²) in [7, 11) is 0. The molecule has 0 aliphatic carbocycles. The zero-order chi connectivity index (χ0) is 10.1. The number of hydrogen-bond donors (Lipinski definition) is 3. The predicted molar refractivity (Wildman–Crippen MR) is 46.7 cm³/mol. The van der Waals surface area contributed by atoms with Crippen LogP contribution in [0.4, 0.5) is 8.78 Å². The minimum Gasteiger partial charge on any atom is -0.398 e. The summed E-state index contributed by atoms with van der Waals surface area (Å²) in [4.78, 5) is 0. The normalized spacial score (nSPS) is 28.2. The molecule has 3 nitrogen and oxygen atoms in total. The summed E-state index contributed by atoms with van der Waals surface area (Å²) < 4.78 is 25.3. The van der Waals surface area contributed by atoms with Crippen LogP contribution in [0.15, 0.2) is 24.0 Å². The van der Waals surface area contributed by atoms with Crippen LogP contribution in [0, 0.1) is 0 Å². The molecule has 0 aromatic rings. The lowest BCUT2D eigenvalue weighted by Gasteiger charge is -2.31. The number of alkyl halides is 2. The molecule has 13 heavy (non-hydrogen) atoms. The number of dihydropyridines is 1. The molecule has 1 heterocycles. The fourth-order valence-electron chi connectivity index (χ4n) is 1.18. The fourth-order valence-corrected chi connectivity index (χ4v) is 1.18. The van der Waals surface area contributed by atoms with Crippen LogP contribution in [-0.4, -0.2) is 11.6 Å². The lowest BCUT2D eigenvalue weighted by molar-refractivity contribution is -0.00563. The van der Waals surface area contributed by atoms with E-state index in [1.165, 1.54) is 18.4 Å². The molecule has 0 spiro atoms. The van der Waals surface area contributed by atoms with Crippen molar-refractivity contribution in [2.45, 2.75) is 24.9 Å². The predicted octanol–water partition coefficient (Wildman–Crippen LogP) is 0.646. The largest absolute Gasteiger partial charge is 0.398 e. The monoisotopic (exact) mass is 189 g/mol. The van der Waals surface area contributed by atoms with Crippen molar-refractivity contribution in [2.24, 2.45) is 11.5 Å². The van der Waals surface area contributed by atoms with Crippen LogP contribution in [0.25, 0.3) is 0 Å². The SMILES string of the molecule is CC(F)(F)CC1(N)C=CC(N)=CN1. The molecule has 0 bridgehead atoms. The van der Waals surface area contributed by atoms with Crippen molar-refractivity contribution in [3.63, 3.8) is 0 Å². The van der Waals surface area contributed by atoms with Crippen molar-refractivity contribution < 1.29 is 8.78 Å². The summed E-state index contributed by atoms with van der Waals surface area (Å²) in [6.45, 7) is 0.832. The van der Waals surface area contributed by atoms with Gasteiger partial charge in [-0.2, -0.15) is 0 Å². The minimum atomic E-state index is -2.80. The number of rotatable bonds is 2. The summed E-state index contributed by atoms with van der Waals surface area (Å²) in [5.74, 6) is -2.80. The highest BCUT2D eigenvalue weighted by Crippen LogP contribution is 2.24. The van der Waals surface area contributed by atoms with E-state index in [0.717, 1.165) is 6.92 Å². The van der Waals surface area contributed by atoms with Crippen LogP contribution in [-0.2, 0) is 0 Å². The van der Waals surface area contributed by atoms with Crippen LogP contribution in [0.5, 0.6) is 0 Å². The van der Waals surface area contributed by atoms with Gasteiger partial charge in [0.2, 0.25) is 5.92 Å². The maximum Gasteiger partial charge on any atom is 0.249 e. The molecule has 1 atom stereocenters. The van der Waals surface area contributed by atoms with Gasteiger partial charge in [-0.25, -0.2) is 8.78 Å². The molecule has 0 radical (unpaired) electrons. The van der Waals surface area contributed by atoms with Crippen molar-refractivity contribution >= 4 is 0 Å².